The van der Waals surface area contributed by atoms with Gasteiger partial charge in [0.1, 0.15) is 0 Å². The molecule has 1 aromatic rings. The molecule has 0 saturated carbocycles. The molecule has 0 spiro atoms. The fourth-order valence-electron chi connectivity index (χ4n) is 1.24. The van der Waals surface area contributed by atoms with E-state index >= 15 is 0 Å². The Morgan fingerprint density at radius 1 is 1.28 bits per heavy atom. The van der Waals surface area contributed by atoms with Gasteiger partial charge in [0.15, 0.2) is 17.3 Å². The minimum absolute atomic E-state index is 0.00519. The Morgan fingerprint density at radius 3 is 2.44 bits per heavy atom. The Labute approximate surface area is 114 Å². The van der Waals surface area contributed by atoms with Crippen LogP contribution < -0.4 is 9.47 Å². The van der Waals surface area contributed by atoms with Crippen molar-refractivity contribution in [3.63, 3.8) is 0 Å². The zero-order chi connectivity index (χ0) is 14.0. The van der Waals surface area contributed by atoms with Crippen LogP contribution in [0.1, 0.15) is 37.6 Å². The van der Waals surface area contributed by atoms with E-state index in [1.54, 1.807) is 25.3 Å². The number of ketones is 1. The Bertz CT molecular complexity index is 364. The highest BCUT2D eigenvalue weighted by atomic mass is 35.5. The Kier molecular flexibility index (Phi) is 9.11. The minimum Gasteiger partial charge on any atom is -0.493 e. The molecule has 1 aromatic carbocycles. The molecular weight excluding hydrogens is 252 g/mol. The van der Waals surface area contributed by atoms with Crippen molar-refractivity contribution in [2.45, 2.75) is 27.2 Å². The van der Waals surface area contributed by atoms with Crippen LogP contribution >= 0.6 is 11.6 Å². The van der Waals surface area contributed by atoms with E-state index in [-0.39, 0.29) is 5.78 Å². The Balaban J connectivity index is 0.00000137. The van der Waals surface area contributed by atoms with E-state index in [0.29, 0.717) is 29.5 Å². The summed E-state index contributed by atoms with van der Waals surface area (Å²) in [5.41, 5.74) is 0.613. The quantitative estimate of drug-likeness (QED) is 0.447. The molecular formula is C14H21ClO3. The van der Waals surface area contributed by atoms with Gasteiger partial charge in [-0.25, -0.2) is 0 Å². The largest absolute Gasteiger partial charge is 0.493 e. The van der Waals surface area contributed by atoms with Gasteiger partial charge in [-0.2, -0.15) is 0 Å². The van der Waals surface area contributed by atoms with E-state index in [9.17, 15) is 4.79 Å². The smallest absolute Gasteiger partial charge is 0.161 e. The predicted molar refractivity (Wildman–Crippen MR) is 75.2 cm³/mol. The molecule has 0 aliphatic heterocycles. The maximum absolute atomic E-state index is 11.2. The third-order valence-corrected chi connectivity index (χ3v) is 2.37. The molecule has 0 fully saturated rings. The van der Waals surface area contributed by atoms with Crippen LogP contribution in [0.15, 0.2) is 18.2 Å². The van der Waals surface area contributed by atoms with E-state index in [1.165, 1.54) is 6.92 Å². The number of alkyl halides is 1. The van der Waals surface area contributed by atoms with Crippen LogP contribution in [-0.2, 0) is 0 Å². The van der Waals surface area contributed by atoms with Gasteiger partial charge in [0.2, 0.25) is 0 Å². The van der Waals surface area contributed by atoms with Crippen molar-refractivity contribution in [2.24, 2.45) is 0 Å². The molecule has 102 valence electrons. The molecule has 0 aliphatic carbocycles. The maximum atomic E-state index is 11.2. The van der Waals surface area contributed by atoms with Gasteiger partial charge in [-0.3, -0.25) is 4.79 Å². The molecule has 0 atom stereocenters. The highest BCUT2D eigenvalue weighted by molar-refractivity contribution is 6.17. The zero-order valence-corrected chi connectivity index (χ0v) is 12.2. The van der Waals surface area contributed by atoms with Gasteiger partial charge in [0.25, 0.3) is 0 Å². The number of benzene rings is 1. The predicted octanol–water partition coefficient (Wildman–Crippen LogP) is 3.93. The van der Waals surface area contributed by atoms with Crippen LogP contribution in [0.5, 0.6) is 11.5 Å². The van der Waals surface area contributed by atoms with Gasteiger partial charge >= 0.3 is 0 Å². The average molecular weight is 273 g/mol. The third kappa shape index (κ3) is 5.41. The number of methoxy groups -OCH3 is 1. The van der Waals surface area contributed by atoms with Crippen molar-refractivity contribution < 1.29 is 14.3 Å². The molecule has 3 nitrogen and oxygen atoms in total. The fourth-order valence-corrected chi connectivity index (χ4v) is 1.35. The molecule has 0 amide bonds. The molecule has 0 heterocycles. The van der Waals surface area contributed by atoms with Crippen LogP contribution in [-0.4, -0.2) is 25.4 Å². The lowest BCUT2D eigenvalue weighted by Crippen LogP contribution is -2.01. The maximum Gasteiger partial charge on any atom is 0.161 e. The number of carbonyl (C=O) groups excluding carboxylic acids is 1. The number of carbonyl (C=O) groups is 1. The molecule has 0 aromatic heterocycles. The van der Waals surface area contributed by atoms with E-state index in [0.717, 1.165) is 6.42 Å². The summed E-state index contributed by atoms with van der Waals surface area (Å²) in [4.78, 5) is 11.2. The second kappa shape index (κ2) is 9.77. The first-order chi connectivity index (χ1) is 8.69. The molecule has 0 radical (unpaired) electrons. The van der Waals surface area contributed by atoms with Crippen molar-refractivity contribution in [2.75, 3.05) is 19.6 Å². The summed E-state index contributed by atoms with van der Waals surface area (Å²) in [7, 11) is 1.55. The molecule has 18 heavy (non-hydrogen) atoms. The Morgan fingerprint density at radius 2 is 1.94 bits per heavy atom. The first kappa shape index (κ1) is 16.8. The monoisotopic (exact) mass is 272 g/mol. The summed E-state index contributed by atoms with van der Waals surface area (Å²) in [6.07, 6.45) is 0.777. The number of ether oxygens (including phenoxy) is 2. The van der Waals surface area contributed by atoms with Crippen molar-refractivity contribution in [1.29, 1.82) is 0 Å². The molecule has 1 rings (SSSR count). The first-order valence-electron chi connectivity index (χ1n) is 6.06. The lowest BCUT2D eigenvalue weighted by atomic mass is 10.1. The van der Waals surface area contributed by atoms with Crippen LogP contribution in [0.2, 0.25) is 0 Å². The van der Waals surface area contributed by atoms with Gasteiger partial charge < -0.3 is 9.47 Å². The van der Waals surface area contributed by atoms with Crippen molar-refractivity contribution in [3.8, 4) is 11.5 Å². The number of halogens is 1. The minimum atomic E-state index is 0.00519. The normalized spacial score (nSPS) is 9.17. The summed E-state index contributed by atoms with van der Waals surface area (Å²) in [6, 6.07) is 5.14. The molecule has 0 N–H and O–H groups in total. The fraction of sp³-hybridized carbons (Fsp3) is 0.500. The van der Waals surface area contributed by atoms with Crippen molar-refractivity contribution >= 4 is 17.4 Å². The number of rotatable bonds is 6. The van der Waals surface area contributed by atoms with E-state index < -0.39 is 0 Å². The molecule has 0 unspecified atom stereocenters. The van der Waals surface area contributed by atoms with Gasteiger partial charge in [0.05, 0.1) is 13.7 Å². The van der Waals surface area contributed by atoms with Gasteiger partial charge in [-0.1, -0.05) is 13.8 Å². The van der Waals surface area contributed by atoms with Gasteiger partial charge in [-0.15, -0.1) is 11.6 Å². The van der Waals surface area contributed by atoms with Crippen molar-refractivity contribution in [1.82, 2.24) is 0 Å². The highest BCUT2D eigenvalue weighted by Gasteiger charge is 2.07. The third-order valence-electron chi connectivity index (χ3n) is 2.11. The van der Waals surface area contributed by atoms with Crippen LogP contribution in [0.25, 0.3) is 0 Å². The average Bonchev–Trinajstić information content (AvgIpc) is 2.41. The Hall–Kier alpha value is -1.22. The summed E-state index contributed by atoms with van der Waals surface area (Å²) in [5, 5.41) is 0. The SMILES string of the molecule is CC.COc1cc(C(C)=O)ccc1OCCCCl. The summed E-state index contributed by atoms with van der Waals surface area (Å²) < 4.78 is 10.6. The van der Waals surface area contributed by atoms with E-state index in [4.69, 9.17) is 21.1 Å². The molecule has 0 aliphatic rings. The summed E-state index contributed by atoms with van der Waals surface area (Å²) in [5.74, 6) is 1.78. The van der Waals surface area contributed by atoms with Crippen LogP contribution in [0.3, 0.4) is 0 Å². The van der Waals surface area contributed by atoms with Crippen LogP contribution in [0, 0.1) is 0 Å². The molecule has 0 saturated heterocycles. The number of Topliss-reactive ketones (excluding diaryl/α,β-unsaturated/α-hetero) is 1. The van der Waals surface area contributed by atoms with Gasteiger partial charge in [-0.05, 0) is 31.5 Å². The summed E-state index contributed by atoms with van der Waals surface area (Å²) in [6.45, 7) is 6.06. The zero-order valence-electron chi connectivity index (χ0n) is 11.5. The second-order valence-electron chi connectivity index (χ2n) is 3.31. The molecule has 4 heteroatoms. The van der Waals surface area contributed by atoms with Crippen LogP contribution in [0.4, 0.5) is 0 Å². The topological polar surface area (TPSA) is 35.5 Å². The second-order valence-corrected chi connectivity index (χ2v) is 3.69. The van der Waals surface area contributed by atoms with E-state index in [1.807, 2.05) is 13.8 Å². The van der Waals surface area contributed by atoms with Gasteiger partial charge in [0, 0.05) is 11.4 Å². The summed E-state index contributed by atoms with van der Waals surface area (Å²) >= 11 is 5.55. The lowest BCUT2D eigenvalue weighted by molar-refractivity contribution is 0.101. The highest BCUT2D eigenvalue weighted by Crippen LogP contribution is 2.28. The number of hydrogen-bond donors (Lipinski definition) is 0. The first-order valence-corrected chi connectivity index (χ1v) is 6.60. The number of hydrogen-bond acceptors (Lipinski definition) is 3. The van der Waals surface area contributed by atoms with Crippen molar-refractivity contribution in [3.05, 3.63) is 23.8 Å². The lowest BCUT2D eigenvalue weighted by Gasteiger charge is -2.10. The van der Waals surface area contributed by atoms with E-state index in [2.05, 4.69) is 0 Å². The standard InChI is InChI=1S/C12H15ClO3.C2H6/c1-9(14)10-4-5-11(12(8-10)15-2)16-7-3-6-13;1-2/h4-5,8H,3,6-7H2,1-2H3;1-2H3. The molecule has 0 bridgehead atoms.